The van der Waals surface area contributed by atoms with Crippen molar-refractivity contribution < 1.29 is 9.59 Å². The second kappa shape index (κ2) is 11.0. The van der Waals surface area contributed by atoms with Gasteiger partial charge in [-0.25, -0.2) is 0 Å². The summed E-state index contributed by atoms with van der Waals surface area (Å²) in [5.74, 6) is -0.398. The van der Waals surface area contributed by atoms with Gasteiger partial charge >= 0.3 is 0 Å². The standard InChI is InChI=1S/C25H24Cl2N2O2/c1-18(30)29(17-20-10-6-3-7-11-20)24(14-19-8-4-2-5-9-19)25(31)28-16-21-12-13-22(26)15-23(21)27/h2-13,15,24H,14,16-17H2,1H3,(H,28,31). The molecule has 4 nitrogen and oxygen atoms in total. The highest BCUT2D eigenvalue weighted by Gasteiger charge is 2.28. The molecule has 0 aliphatic carbocycles. The first-order valence-electron chi connectivity index (χ1n) is 10.0. The Bertz CT molecular complexity index is 1030. The van der Waals surface area contributed by atoms with Crippen LogP contribution >= 0.6 is 23.2 Å². The first kappa shape index (κ1) is 22.9. The van der Waals surface area contributed by atoms with Crippen LogP contribution in [0.25, 0.3) is 0 Å². The van der Waals surface area contributed by atoms with Crippen molar-refractivity contribution >= 4 is 35.0 Å². The van der Waals surface area contributed by atoms with Crippen LogP contribution in [-0.2, 0) is 29.1 Å². The smallest absolute Gasteiger partial charge is 0.243 e. The van der Waals surface area contributed by atoms with E-state index >= 15 is 0 Å². The van der Waals surface area contributed by atoms with E-state index in [2.05, 4.69) is 5.32 Å². The summed E-state index contributed by atoms with van der Waals surface area (Å²) in [6.45, 7) is 2.09. The number of amides is 2. The molecule has 0 saturated heterocycles. The second-order valence-electron chi connectivity index (χ2n) is 7.29. The lowest BCUT2D eigenvalue weighted by atomic mass is 10.0. The Morgan fingerprint density at radius 2 is 1.52 bits per heavy atom. The molecule has 160 valence electrons. The Morgan fingerprint density at radius 1 is 0.903 bits per heavy atom. The molecule has 3 aromatic carbocycles. The fourth-order valence-electron chi connectivity index (χ4n) is 3.37. The molecule has 0 aliphatic heterocycles. The Morgan fingerprint density at radius 3 is 2.10 bits per heavy atom. The molecular weight excluding hydrogens is 431 g/mol. The van der Waals surface area contributed by atoms with E-state index in [1.54, 1.807) is 23.1 Å². The predicted molar refractivity (Wildman–Crippen MR) is 125 cm³/mol. The molecule has 3 aromatic rings. The normalized spacial score (nSPS) is 11.6. The van der Waals surface area contributed by atoms with Crippen molar-refractivity contribution in [3.63, 3.8) is 0 Å². The van der Waals surface area contributed by atoms with Crippen LogP contribution in [0.1, 0.15) is 23.6 Å². The molecule has 6 heteroatoms. The molecule has 0 fully saturated rings. The van der Waals surface area contributed by atoms with Crippen LogP contribution in [0.3, 0.4) is 0 Å². The molecule has 0 aromatic heterocycles. The quantitative estimate of drug-likeness (QED) is 0.503. The van der Waals surface area contributed by atoms with Crippen molar-refractivity contribution in [1.82, 2.24) is 10.2 Å². The number of hydrogen-bond acceptors (Lipinski definition) is 2. The molecule has 2 amide bonds. The first-order valence-corrected chi connectivity index (χ1v) is 10.8. The van der Waals surface area contributed by atoms with E-state index in [1.807, 2.05) is 60.7 Å². The lowest BCUT2D eigenvalue weighted by Gasteiger charge is -2.30. The molecule has 31 heavy (non-hydrogen) atoms. The summed E-state index contributed by atoms with van der Waals surface area (Å²) >= 11 is 12.2. The minimum Gasteiger partial charge on any atom is -0.350 e. The summed E-state index contributed by atoms with van der Waals surface area (Å²) in [4.78, 5) is 27.4. The molecule has 0 bridgehead atoms. The topological polar surface area (TPSA) is 49.4 Å². The third kappa shape index (κ3) is 6.58. The number of halogens is 2. The number of nitrogens with zero attached hydrogens (tertiary/aromatic N) is 1. The van der Waals surface area contributed by atoms with Crippen molar-refractivity contribution in [3.8, 4) is 0 Å². The van der Waals surface area contributed by atoms with Gasteiger partial charge in [-0.1, -0.05) is 89.9 Å². The highest BCUT2D eigenvalue weighted by molar-refractivity contribution is 6.35. The summed E-state index contributed by atoms with van der Waals surface area (Å²) in [5, 5.41) is 3.96. The molecule has 0 saturated carbocycles. The van der Waals surface area contributed by atoms with E-state index in [0.29, 0.717) is 23.0 Å². The van der Waals surface area contributed by atoms with Gasteiger partial charge in [0.2, 0.25) is 11.8 Å². The van der Waals surface area contributed by atoms with Crippen LogP contribution in [0.4, 0.5) is 0 Å². The van der Waals surface area contributed by atoms with Crippen molar-refractivity contribution in [2.75, 3.05) is 0 Å². The Labute approximate surface area is 192 Å². The van der Waals surface area contributed by atoms with Crippen molar-refractivity contribution in [3.05, 3.63) is 106 Å². The van der Waals surface area contributed by atoms with Crippen LogP contribution in [-0.4, -0.2) is 22.8 Å². The maximum absolute atomic E-state index is 13.3. The molecule has 1 N–H and O–H groups in total. The maximum atomic E-state index is 13.3. The Balaban J connectivity index is 1.83. The largest absolute Gasteiger partial charge is 0.350 e. The van der Waals surface area contributed by atoms with Crippen LogP contribution in [0.15, 0.2) is 78.9 Å². The molecule has 0 spiro atoms. The fourth-order valence-corrected chi connectivity index (χ4v) is 3.84. The molecule has 1 unspecified atom stereocenters. The van der Waals surface area contributed by atoms with E-state index in [9.17, 15) is 9.59 Å². The van der Waals surface area contributed by atoms with Crippen molar-refractivity contribution in [1.29, 1.82) is 0 Å². The van der Waals surface area contributed by atoms with Crippen molar-refractivity contribution in [2.45, 2.75) is 32.5 Å². The van der Waals surface area contributed by atoms with Gasteiger partial charge in [-0.05, 0) is 28.8 Å². The van der Waals surface area contributed by atoms with E-state index in [4.69, 9.17) is 23.2 Å². The average Bonchev–Trinajstić information content (AvgIpc) is 2.76. The summed E-state index contributed by atoms with van der Waals surface area (Å²) in [7, 11) is 0. The van der Waals surface area contributed by atoms with Gasteiger partial charge in [-0.15, -0.1) is 0 Å². The summed E-state index contributed by atoms with van der Waals surface area (Å²) in [5.41, 5.74) is 2.70. The van der Waals surface area contributed by atoms with Crippen LogP contribution in [0.5, 0.6) is 0 Å². The zero-order valence-corrected chi connectivity index (χ0v) is 18.7. The Hall–Kier alpha value is -2.82. The number of benzene rings is 3. The number of nitrogens with one attached hydrogen (secondary N) is 1. The second-order valence-corrected chi connectivity index (χ2v) is 8.14. The zero-order chi connectivity index (χ0) is 22.2. The van der Waals surface area contributed by atoms with E-state index < -0.39 is 6.04 Å². The number of rotatable bonds is 8. The summed E-state index contributed by atoms with van der Waals surface area (Å²) < 4.78 is 0. The highest BCUT2D eigenvalue weighted by atomic mass is 35.5. The molecule has 0 heterocycles. The zero-order valence-electron chi connectivity index (χ0n) is 17.2. The Kier molecular flexibility index (Phi) is 8.10. The SMILES string of the molecule is CC(=O)N(Cc1ccccc1)C(Cc1ccccc1)C(=O)NCc1ccc(Cl)cc1Cl. The van der Waals surface area contributed by atoms with E-state index in [-0.39, 0.29) is 18.4 Å². The molecule has 1 atom stereocenters. The van der Waals surface area contributed by atoms with Gasteiger partial charge in [-0.2, -0.15) is 0 Å². The highest BCUT2D eigenvalue weighted by Crippen LogP contribution is 2.21. The first-order chi connectivity index (χ1) is 14.9. The minimum absolute atomic E-state index is 0.163. The van der Waals surface area contributed by atoms with Gasteiger partial charge in [0.05, 0.1) is 0 Å². The monoisotopic (exact) mass is 454 g/mol. The number of hydrogen-bond donors (Lipinski definition) is 1. The predicted octanol–water partition coefficient (Wildman–Crippen LogP) is 5.27. The molecular formula is C25H24Cl2N2O2. The van der Waals surface area contributed by atoms with Gasteiger partial charge in [0, 0.05) is 36.5 Å². The fraction of sp³-hybridized carbons (Fsp3) is 0.200. The van der Waals surface area contributed by atoms with Gasteiger partial charge < -0.3 is 10.2 Å². The molecule has 3 rings (SSSR count). The van der Waals surface area contributed by atoms with Gasteiger partial charge in [0.25, 0.3) is 0 Å². The number of carbonyl (C=O) groups is 2. The minimum atomic E-state index is -0.661. The molecule has 0 radical (unpaired) electrons. The van der Waals surface area contributed by atoms with Crippen LogP contribution in [0, 0.1) is 0 Å². The third-order valence-electron chi connectivity index (χ3n) is 5.02. The summed E-state index contributed by atoms with van der Waals surface area (Å²) in [6, 6.07) is 23.8. The van der Waals surface area contributed by atoms with Crippen LogP contribution in [0.2, 0.25) is 10.0 Å². The van der Waals surface area contributed by atoms with E-state index in [0.717, 1.165) is 16.7 Å². The van der Waals surface area contributed by atoms with Gasteiger partial charge in [0.15, 0.2) is 0 Å². The number of carbonyl (C=O) groups excluding carboxylic acids is 2. The van der Waals surface area contributed by atoms with Crippen molar-refractivity contribution in [2.24, 2.45) is 0 Å². The van der Waals surface area contributed by atoms with Gasteiger partial charge in [0.1, 0.15) is 6.04 Å². The van der Waals surface area contributed by atoms with Gasteiger partial charge in [-0.3, -0.25) is 9.59 Å². The maximum Gasteiger partial charge on any atom is 0.243 e. The lowest BCUT2D eigenvalue weighted by Crippen LogP contribution is -2.49. The average molecular weight is 455 g/mol. The summed E-state index contributed by atoms with van der Waals surface area (Å²) in [6.07, 6.45) is 0.410. The lowest BCUT2D eigenvalue weighted by molar-refractivity contribution is -0.139. The molecule has 0 aliphatic rings. The van der Waals surface area contributed by atoms with E-state index in [1.165, 1.54) is 6.92 Å². The van der Waals surface area contributed by atoms with Crippen LogP contribution < -0.4 is 5.32 Å². The third-order valence-corrected chi connectivity index (χ3v) is 5.61.